The fourth-order valence-electron chi connectivity index (χ4n) is 0. The van der Waals surface area contributed by atoms with E-state index in [9.17, 15) is 0 Å². The van der Waals surface area contributed by atoms with Gasteiger partial charge in [-0.15, -0.1) is 0 Å². The van der Waals surface area contributed by atoms with E-state index in [1.54, 1.807) is 0 Å². The summed E-state index contributed by atoms with van der Waals surface area (Å²) in [5.41, 5.74) is 0. The van der Waals surface area contributed by atoms with Crippen molar-refractivity contribution in [1.29, 1.82) is 0 Å². The second-order valence-electron chi connectivity index (χ2n) is 0.855. The van der Waals surface area contributed by atoms with Crippen LogP contribution in [0, 0.1) is 0 Å². The fourth-order valence-corrected chi connectivity index (χ4v) is 0. The minimum absolute atomic E-state index is 0. The summed E-state index contributed by atoms with van der Waals surface area (Å²) in [5.74, 6) is 0. The Kier molecular flexibility index (Phi) is 60.5. The molecule has 0 spiro atoms. The molecule has 15 heavy (non-hydrogen) atoms. The number of phosphoric acid groups is 1. The maximum atomic E-state index is 8.55. The first-order valence-corrected chi connectivity index (χ1v) is 4.19. The molecule has 0 radical (unpaired) electrons. The van der Waals surface area contributed by atoms with Crippen LogP contribution in [0.1, 0.15) is 0 Å². The van der Waals surface area contributed by atoms with Gasteiger partial charge in [0.05, 0.1) is 0 Å². The molecule has 0 saturated carbocycles. The molecule has 15 heteroatoms. The van der Waals surface area contributed by atoms with Gasteiger partial charge in [0.2, 0.25) is 0 Å². The number of rotatable bonds is 0. The van der Waals surface area contributed by atoms with Gasteiger partial charge >= 0.3 is 142 Å². The second-order valence-corrected chi connectivity index (χ2v) is 2.57. The van der Waals surface area contributed by atoms with Crippen LogP contribution in [-0.2, 0) is 15.0 Å². The Balaban J connectivity index is -0.0000000128. The summed E-state index contributed by atoms with van der Waals surface area (Å²) in [6, 6.07) is 0. The summed E-state index contributed by atoms with van der Waals surface area (Å²) in [6.45, 7) is 0. The quantitative estimate of drug-likeness (QED) is 0.179. The van der Waals surface area contributed by atoms with E-state index in [4.69, 9.17) is 36.8 Å². The molecule has 0 aromatic carbocycles. The van der Waals surface area contributed by atoms with Crippen molar-refractivity contribution in [2.45, 2.75) is 0 Å². The predicted octanol–water partition coefficient (Wildman–Crippen LogP) is -13.9. The molecule has 0 rings (SSSR count). The topological polar surface area (TPSA) is 167 Å². The van der Waals surface area contributed by atoms with Crippen molar-refractivity contribution in [2.24, 2.45) is 0 Å². The van der Waals surface area contributed by atoms with Gasteiger partial charge < -0.3 is 40.8 Å². The predicted molar refractivity (Wildman–Crippen MR) is 29.6 cm³/mol. The Hall–Kier alpha value is 4.93. The van der Waals surface area contributed by atoms with Crippen molar-refractivity contribution >= 4 is 79.0 Å². The maximum absolute atomic E-state index is 8.55. The average molecular weight is 353 g/mol. The molecule has 0 saturated heterocycles. The first kappa shape index (κ1) is 42.7. The first-order valence-electron chi connectivity index (χ1n) is 1.40. The van der Waals surface area contributed by atoms with Crippen LogP contribution in [0.2, 0.25) is 0 Å². The molecule has 0 heterocycles. The third-order valence-electron chi connectivity index (χ3n) is 0. The van der Waals surface area contributed by atoms with Crippen LogP contribution in [0.25, 0.3) is 0 Å². The van der Waals surface area contributed by atoms with E-state index in [1.807, 2.05) is 0 Å². The van der Waals surface area contributed by atoms with Crippen LogP contribution in [0.3, 0.4) is 0 Å². The van der Waals surface area contributed by atoms with E-state index in [0.717, 1.165) is 0 Å². The molecule has 72 valence electrons. The molecule has 0 atom stereocenters. The van der Waals surface area contributed by atoms with Gasteiger partial charge in [-0.1, -0.05) is 0 Å². The molecule has 0 fully saturated rings. The Morgan fingerprint density at radius 3 is 1.00 bits per heavy atom. The molecule has 0 amide bonds. The summed E-state index contributed by atoms with van der Waals surface area (Å²) in [5, 5.41) is 0. The summed E-state index contributed by atoms with van der Waals surface area (Å²) in [4.78, 5) is 25.6. The third-order valence-corrected chi connectivity index (χ3v) is 0. The molecule has 0 bridgehead atoms. The summed E-state index contributed by atoms with van der Waals surface area (Å²) >= 11 is 0. The Morgan fingerprint density at radius 1 is 1.00 bits per heavy atom. The molecule has 0 aromatic heterocycles. The van der Waals surface area contributed by atoms with Crippen LogP contribution in [0.4, 0.5) is 0 Å². The fraction of sp³-hybridized carbons (Fsp3) is 0. The molecule has 0 aliphatic heterocycles. The molecular weight excluding hydrogens is 353 g/mol. The summed E-state index contributed by atoms with van der Waals surface area (Å²) in [6.07, 6.45) is 0. The van der Waals surface area contributed by atoms with Crippen LogP contribution in [0.15, 0.2) is 0 Å². The van der Waals surface area contributed by atoms with E-state index in [1.165, 1.54) is 0 Å². The number of halogens is 1. The minimum Gasteiger partial charge on any atom is -1.00 e. The van der Waals surface area contributed by atoms with Crippen molar-refractivity contribution in [3.8, 4) is 0 Å². The van der Waals surface area contributed by atoms with E-state index >= 15 is 0 Å². The molecule has 0 unspecified atom stereocenters. The zero-order valence-corrected chi connectivity index (χ0v) is 19.1. The standard InChI is InChI=1S/Ca.ClH.K.Mg.Na.H3O4P.H2O4S/c;;;;;2*1-5(2,3)4/h;1H;;;;(H3,1,2,3,4);(H2,1,2,3,4)/q+2;;+1;+2;+1;;/p-6. The van der Waals surface area contributed by atoms with Crippen molar-refractivity contribution in [3.63, 3.8) is 0 Å². The molecule has 0 aromatic rings. The number of hydrogen-bond acceptors (Lipinski definition) is 8. The van der Waals surface area contributed by atoms with Gasteiger partial charge in [0.25, 0.3) is 0 Å². The SMILES string of the molecule is O=P([O-])([O-])[O-].O=S(=O)([O-])[O-].[Ca+2].[Cl-].[K+].[Mg+2].[Na+]. The van der Waals surface area contributed by atoms with Crippen molar-refractivity contribution in [2.75, 3.05) is 0 Å². The molecule has 8 nitrogen and oxygen atoms in total. The van der Waals surface area contributed by atoms with Gasteiger partial charge in [-0.3, -0.25) is 8.42 Å². The van der Waals surface area contributed by atoms with Gasteiger partial charge in [-0.05, 0) is 0 Å². The molecule has 0 aliphatic rings. The second kappa shape index (κ2) is 21.2. The first-order chi connectivity index (χ1) is 4.00. The van der Waals surface area contributed by atoms with E-state index in [2.05, 4.69) is 0 Å². The van der Waals surface area contributed by atoms with Crippen LogP contribution >= 0.6 is 7.82 Å². The maximum Gasteiger partial charge on any atom is 2.00 e. The Labute approximate surface area is 204 Å². The smallest absolute Gasteiger partial charge is 1.00 e. The van der Waals surface area contributed by atoms with Crippen LogP contribution in [-0.4, -0.2) is 78.3 Å². The summed E-state index contributed by atoms with van der Waals surface area (Å²) < 4.78 is 42.6. The average Bonchev–Trinajstić information content (AvgIpc) is 1.12. The summed E-state index contributed by atoms with van der Waals surface area (Å²) in [7, 11) is -10.6. The minimum atomic E-state index is -5.39. The van der Waals surface area contributed by atoms with Gasteiger partial charge in [0, 0.05) is 10.4 Å². The van der Waals surface area contributed by atoms with Gasteiger partial charge in [-0.2, -0.15) is 7.82 Å². The van der Waals surface area contributed by atoms with E-state index in [0.29, 0.717) is 0 Å². The molecule has 0 N–H and O–H groups in total. The van der Waals surface area contributed by atoms with E-state index < -0.39 is 18.2 Å². The normalized spacial score (nSPS) is 7.80. The van der Waals surface area contributed by atoms with Crippen molar-refractivity contribution in [1.82, 2.24) is 0 Å². The zero-order chi connectivity index (χ0) is 9.00. The van der Waals surface area contributed by atoms with Crippen LogP contribution in [0.5, 0.6) is 0 Å². The van der Waals surface area contributed by atoms with E-state index in [-0.39, 0.29) is 154 Å². The number of hydrogen-bond donors (Lipinski definition) is 0. The molecule has 0 aliphatic carbocycles. The monoisotopic (exact) mass is 352 g/mol. The Bertz CT molecular complexity index is 213. The third kappa shape index (κ3) is 223. The van der Waals surface area contributed by atoms with Crippen LogP contribution < -0.4 is 108 Å². The van der Waals surface area contributed by atoms with Gasteiger partial charge in [0.15, 0.2) is 0 Å². The van der Waals surface area contributed by atoms with Crippen molar-refractivity contribution in [3.05, 3.63) is 0 Å². The molecular formula is CaClKMgNaO8PS. The largest absolute Gasteiger partial charge is 2.00 e. The van der Waals surface area contributed by atoms with Crippen molar-refractivity contribution < 1.29 is 130 Å². The Morgan fingerprint density at radius 2 is 1.00 bits per heavy atom. The van der Waals surface area contributed by atoms with Gasteiger partial charge in [-0.25, -0.2) is 0 Å². The zero-order valence-electron chi connectivity index (χ0n) is 7.91. The van der Waals surface area contributed by atoms with Gasteiger partial charge in [0.1, 0.15) is 0 Å².